The van der Waals surface area contributed by atoms with Gasteiger partial charge in [-0.05, 0) is 42.1 Å². The molecule has 130 valence electrons. The number of rotatable bonds is 6. The van der Waals surface area contributed by atoms with E-state index in [1.165, 1.54) is 5.39 Å². The molecular weight excluding hydrogens is 312 g/mol. The molecule has 25 heavy (non-hydrogen) atoms. The lowest BCUT2D eigenvalue weighted by molar-refractivity contribution is 0.414. The molecule has 0 amide bonds. The van der Waals surface area contributed by atoms with E-state index in [0.717, 1.165) is 35.0 Å². The molecule has 1 heterocycles. The van der Waals surface area contributed by atoms with Crippen molar-refractivity contribution in [1.82, 2.24) is 15.6 Å². The number of methoxy groups -OCH3 is 1. The van der Waals surface area contributed by atoms with Crippen LogP contribution in [0.25, 0.3) is 10.9 Å². The van der Waals surface area contributed by atoms with Gasteiger partial charge in [0.25, 0.3) is 0 Å². The SMILES string of the molecule is CCNC(=NCc1cccc(OC)c1)NCc1cc2ccccc2[nH]1. The molecule has 1 aromatic heterocycles. The zero-order valence-electron chi connectivity index (χ0n) is 14.7. The van der Waals surface area contributed by atoms with Gasteiger partial charge < -0.3 is 20.4 Å². The zero-order valence-corrected chi connectivity index (χ0v) is 14.7. The number of fused-ring (bicyclic) bond motifs is 1. The summed E-state index contributed by atoms with van der Waals surface area (Å²) in [6.07, 6.45) is 0. The van der Waals surface area contributed by atoms with Crippen molar-refractivity contribution in [3.8, 4) is 5.75 Å². The average Bonchev–Trinajstić information content (AvgIpc) is 3.07. The van der Waals surface area contributed by atoms with Crippen LogP contribution in [0.4, 0.5) is 0 Å². The van der Waals surface area contributed by atoms with E-state index < -0.39 is 0 Å². The number of para-hydroxylation sites is 1. The van der Waals surface area contributed by atoms with Crippen molar-refractivity contribution in [3.05, 3.63) is 65.9 Å². The van der Waals surface area contributed by atoms with Crippen LogP contribution < -0.4 is 15.4 Å². The van der Waals surface area contributed by atoms with Gasteiger partial charge in [-0.2, -0.15) is 0 Å². The van der Waals surface area contributed by atoms with Crippen LogP contribution >= 0.6 is 0 Å². The van der Waals surface area contributed by atoms with E-state index >= 15 is 0 Å². The number of nitrogens with zero attached hydrogens (tertiary/aromatic N) is 1. The van der Waals surface area contributed by atoms with Crippen molar-refractivity contribution in [3.63, 3.8) is 0 Å². The highest BCUT2D eigenvalue weighted by atomic mass is 16.5. The van der Waals surface area contributed by atoms with Crippen molar-refractivity contribution >= 4 is 16.9 Å². The summed E-state index contributed by atoms with van der Waals surface area (Å²) < 4.78 is 5.26. The molecule has 5 nitrogen and oxygen atoms in total. The first kappa shape index (κ1) is 16.9. The smallest absolute Gasteiger partial charge is 0.191 e. The number of benzene rings is 2. The van der Waals surface area contributed by atoms with Crippen molar-refractivity contribution in [1.29, 1.82) is 0 Å². The molecule has 3 N–H and O–H groups in total. The first-order chi connectivity index (χ1) is 12.3. The lowest BCUT2D eigenvalue weighted by Crippen LogP contribution is -2.36. The van der Waals surface area contributed by atoms with Crippen LogP contribution in [0.5, 0.6) is 5.75 Å². The minimum atomic E-state index is 0.596. The van der Waals surface area contributed by atoms with Gasteiger partial charge >= 0.3 is 0 Å². The Kier molecular flexibility index (Phi) is 5.57. The van der Waals surface area contributed by atoms with Gasteiger partial charge in [0.05, 0.1) is 20.2 Å². The molecule has 3 rings (SSSR count). The average molecular weight is 336 g/mol. The molecular formula is C20H24N4O. The van der Waals surface area contributed by atoms with E-state index in [1.807, 2.05) is 36.4 Å². The van der Waals surface area contributed by atoms with Crippen molar-refractivity contribution in [2.75, 3.05) is 13.7 Å². The molecule has 2 aromatic carbocycles. The third-order valence-electron chi connectivity index (χ3n) is 3.93. The molecule has 5 heteroatoms. The van der Waals surface area contributed by atoms with Gasteiger partial charge in [0.2, 0.25) is 0 Å². The van der Waals surface area contributed by atoms with E-state index in [2.05, 4.69) is 45.7 Å². The zero-order chi connectivity index (χ0) is 17.5. The molecule has 0 unspecified atom stereocenters. The monoisotopic (exact) mass is 336 g/mol. The molecule has 0 aliphatic carbocycles. The van der Waals surface area contributed by atoms with Crippen LogP contribution in [0.15, 0.2) is 59.6 Å². The van der Waals surface area contributed by atoms with Crippen LogP contribution in [0, 0.1) is 0 Å². The Bertz CT molecular complexity index is 821. The second-order valence-electron chi connectivity index (χ2n) is 5.78. The Morgan fingerprint density at radius 1 is 1.08 bits per heavy atom. The van der Waals surface area contributed by atoms with Gasteiger partial charge in [0.15, 0.2) is 5.96 Å². The number of nitrogens with one attached hydrogen (secondary N) is 3. The first-order valence-corrected chi connectivity index (χ1v) is 8.50. The minimum absolute atomic E-state index is 0.596. The summed E-state index contributed by atoms with van der Waals surface area (Å²) in [7, 11) is 1.67. The molecule has 0 aliphatic rings. The lowest BCUT2D eigenvalue weighted by Gasteiger charge is -2.11. The summed E-state index contributed by atoms with van der Waals surface area (Å²) in [6.45, 7) is 4.17. The van der Waals surface area contributed by atoms with E-state index in [-0.39, 0.29) is 0 Å². The standard InChI is InChI=1S/C20H24N4O/c1-3-21-20(22-13-15-7-6-9-18(11-15)25-2)23-14-17-12-16-8-4-5-10-19(16)24-17/h4-12,24H,3,13-14H2,1-2H3,(H2,21,22,23). The van der Waals surface area contributed by atoms with Crippen LogP contribution in [-0.2, 0) is 13.1 Å². The molecule has 0 saturated carbocycles. The fourth-order valence-electron chi connectivity index (χ4n) is 2.69. The fraction of sp³-hybridized carbons (Fsp3) is 0.250. The van der Waals surface area contributed by atoms with Crippen molar-refractivity contribution < 1.29 is 4.74 Å². The van der Waals surface area contributed by atoms with Gasteiger partial charge in [-0.25, -0.2) is 4.99 Å². The van der Waals surface area contributed by atoms with Crippen LogP contribution in [0.1, 0.15) is 18.2 Å². The molecule has 0 aliphatic heterocycles. The van der Waals surface area contributed by atoms with Gasteiger partial charge in [-0.1, -0.05) is 30.3 Å². The fourth-order valence-corrected chi connectivity index (χ4v) is 2.69. The number of hydrogen-bond acceptors (Lipinski definition) is 2. The third kappa shape index (κ3) is 4.53. The number of aliphatic imine (C=N–C) groups is 1. The number of aromatic nitrogens is 1. The van der Waals surface area contributed by atoms with E-state index in [9.17, 15) is 0 Å². The number of H-pyrrole nitrogens is 1. The Morgan fingerprint density at radius 2 is 1.96 bits per heavy atom. The number of guanidine groups is 1. The Labute approximate surface area is 148 Å². The van der Waals surface area contributed by atoms with E-state index in [0.29, 0.717) is 13.1 Å². The molecule has 0 spiro atoms. The Hall–Kier alpha value is -2.95. The van der Waals surface area contributed by atoms with E-state index in [4.69, 9.17) is 4.74 Å². The number of ether oxygens (including phenoxy) is 1. The summed E-state index contributed by atoms with van der Waals surface area (Å²) in [5, 5.41) is 7.87. The third-order valence-corrected chi connectivity index (χ3v) is 3.93. The molecule has 0 radical (unpaired) electrons. The largest absolute Gasteiger partial charge is 0.497 e. The normalized spacial score (nSPS) is 11.5. The summed E-state index contributed by atoms with van der Waals surface area (Å²) in [6, 6.07) is 18.4. The van der Waals surface area contributed by atoms with Crippen LogP contribution in [0.2, 0.25) is 0 Å². The second kappa shape index (κ2) is 8.24. The van der Waals surface area contributed by atoms with Crippen LogP contribution in [-0.4, -0.2) is 24.6 Å². The molecule has 0 fully saturated rings. The summed E-state index contributed by atoms with van der Waals surface area (Å²) >= 11 is 0. The summed E-state index contributed by atoms with van der Waals surface area (Å²) in [4.78, 5) is 8.07. The first-order valence-electron chi connectivity index (χ1n) is 8.50. The number of hydrogen-bond donors (Lipinski definition) is 3. The molecule has 3 aromatic rings. The van der Waals surface area contributed by atoms with E-state index in [1.54, 1.807) is 7.11 Å². The highest BCUT2D eigenvalue weighted by molar-refractivity contribution is 5.81. The highest BCUT2D eigenvalue weighted by Gasteiger charge is 2.02. The summed E-state index contributed by atoms with van der Waals surface area (Å²) in [5.74, 6) is 1.65. The Balaban J connectivity index is 1.65. The maximum atomic E-state index is 5.26. The minimum Gasteiger partial charge on any atom is -0.497 e. The molecule has 0 bridgehead atoms. The van der Waals surface area contributed by atoms with Gasteiger partial charge in [0, 0.05) is 17.8 Å². The van der Waals surface area contributed by atoms with Crippen molar-refractivity contribution in [2.45, 2.75) is 20.0 Å². The van der Waals surface area contributed by atoms with Crippen molar-refractivity contribution in [2.24, 2.45) is 4.99 Å². The van der Waals surface area contributed by atoms with Crippen LogP contribution in [0.3, 0.4) is 0 Å². The molecule has 0 atom stereocenters. The predicted octanol–water partition coefficient (Wildman–Crippen LogP) is 3.43. The molecule has 0 saturated heterocycles. The maximum Gasteiger partial charge on any atom is 0.191 e. The topological polar surface area (TPSA) is 61.4 Å². The number of aromatic amines is 1. The maximum absolute atomic E-state index is 5.26. The van der Waals surface area contributed by atoms with Gasteiger partial charge in [0.1, 0.15) is 5.75 Å². The van der Waals surface area contributed by atoms with Gasteiger partial charge in [-0.15, -0.1) is 0 Å². The predicted molar refractivity (Wildman–Crippen MR) is 103 cm³/mol. The Morgan fingerprint density at radius 3 is 2.76 bits per heavy atom. The highest BCUT2D eigenvalue weighted by Crippen LogP contribution is 2.15. The quantitative estimate of drug-likeness (QED) is 0.477. The summed E-state index contributed by atoms with van der Waals surface area (Å²) in [5.41, 5.74) is 3.40. The van der Waals surface area contributed by atoms with Gasteiger partial charge in [-0.3, -0.25) is 0 Å². The lowest BCUT2D eigenvalue weighted by atomic mass is 10.2. The second-order valence-corrected chi connectivity index (χ2v) is 5.78.